The van der Waals surface area contributed by atoms with Gasteiger partial charge >= 0.3 is 28.4 Å². The summed E-state index contributed by atoms with van der Waals surface area (Å²) in [7, 11) is 0.823. The summed E-state index contributed by atoms with van der Waals surface area (Å²) in [4.78, 5) is 0. The van der Waals surface area contributed by atoms with Gasteiger partial charge in [-0.2, -0.15) is 23.7 Å². The van der Waals surface area contributed by atoms with Crippen molar-refractivity contribution in [1.29, 1.82) is 0 Å². The van der Waals surface area contributed by atoms with Gasteiger partial charge in [0.05, 0.1) is 0 Å². The minimum absolute atomic E-state index is 0. The summed E-state index contributed by atoms with van der Waals surface area (Å²) in [6.45, 7) is 0. The molecule has 1 aromatic rings. The maximum absolute atomic E-state index is 3.34. The Hall–Kier alpha value is 0.593. The fourth-order valence-corrected chi connectivity index (χ4v) is 1.06. The zero-order valence-corrected chi connectivity index (χ0v) is 15.8. The zero-order chi connectivity index (χ0) is 9.07. The quantitative estimate of drug-likeness (QED) is 0.564. The first kappa shape index (κ1) is 36.0. The van der Waals surface area contributed by atoms with E-state index in [0.717, 1.165) is 14.6 Å². The summed E-state index contributed by atoms with van der Waals surface area (Å²) in [6.07, 6.45) is 10.0. The van der Waals surface area contributed by atoms with Gasteiger partial charge in [-0.25, -0.2) is 18.2 Å². The van der Waals surface area contributed by atoms with E-state index in [1.807, 2.05) is 24.3 Å². The van der Waals surface area contributed by atoms with Crippen LogP contribution in [0.3, 0.4) is 0 Å². The molecule has 2 rings (SSSR count). The Morgan fingerprint density at radius 2 is 1.71 bits per heavy atom. The van der Waals surface area contributed by atoms with Gasteiger partial charge in [0.2, 0.25) is 0 Å². The van der Waals surface area contributed by atoms with Crippen molar-refractivity contribution in [3.8, 4) is 0 Å². The van der Waals surface area contributed by atoms with E-state index >= 15 is 0 Å². The van der Waals surface area contributed by atoms with E-state index in [-0.39, 0.29) is 47.1 Å². The Bertz CT molecular complexity index is 194. The molecule has 0 N–H and O–H groups in total. The van der Waals surface area contributed by atoms with Gasteiger partial charge in [-0.1, -0.05) is 0 Å². The number of hydrogen-bond acceptors (Lipinski definition) is 0. The van der Waals surface area contributed by atoms with Crippen LogP contribution in [0, 0.1) is 34.2 Å². The molecular weight excluding hydrogens is 349 g/mol. The van der Waals surface area contributed by atoms with E-state index < -0.39 is 0 Å². The van der Waals surface area contributed by atoms with E-state index in [4.69, 9.17) is 0 Å². The van der Waals surface area contributed by atoms with Crippen LogP contribution in [0.2, 0.25) is 0 Å². The fraction of sp³-hybridized carbons (Fsp3) is 0.0769. The van der Waals surface area contributed by atoms with E-state index in [9.17, 15) is 0 Å². The van der Waals surface area contributed by atoms with Crippen molar-refractivity contribution in [3.05, 3.63) is 70.3 Å². The monoisotopic (exact) mass is 369 g/mol. The molecule has 1 atom stereocenters. The summed E-state index contributed by atoms with van der Waals surface area (Å²) in [6, 6.07) is 3.96. The molecule has 1 aliphatic rings. The van der Waals surface area contributed by atoms with Gasteiger partial charge in [-0.15, -0.1) is 31.2 Å². The molecule has 17 heavy (non-hydrogen) atoms. The Kier molecular flexibility index (Phi) is 76.2. The predicted molar refractivity (Wildman–Crippen MR) is 87.2 cm³/mol. The van der Waals surface area contributed by atoms with Crippen molar-refractivity contribution in [3.63, 3.8) is 0 Å². The molecule has 1 unspecified atom stereocenters. The molecule has 0 aliphatic heterocycles. The number of rotatable bonds is 0. The Morgan fingerprint density at radius 1 is 1.12 bits per heavy atom. The Morgan fingerprint density at radius 3 is 1.82 bits per heavy atom. The third kappa shape index (κ3) is 31.5. The second kappa shape index (κ2) is 36.0. The second-order valence-corrected chi connectivity index (χ2v) is 2.73. The molecule has 1 aromatic heterocycles. The first-order chi connectivity index (χ1) is 6.00. The van der Waals surface area contributed by atoms with Crippen LogP contribution in [-0.2, 0) is 24.2 Å². The average Bonchev–Trinajstić information content (AvgIpc) is 2.87. The fourth-order valence-electron chi connectivity index (χ4n) is 0.581. The van der Waals surface area contributed by atoms with E-state index in [2.05, 4.69) is 28.0 Å². The van der Waals surface area contributed by atoms with Crippen molar-refractivity contribution in [2.45, 2.75) is 6.42 Å². The van der Waals surface area contributed by atoms with Gasteiger partial charge in [0.25, 0.3) is 0 Å². The van der Waals surface area contributed by atoms with Crippen LogP contribution < -0.4 is 0 Å². The first-order valence-corrected chi connectivity index (χ1v) is 6.38. The molecule has 0 nitrogen and oxygen atoms in total. The van der Waals surface area contributed by atoms with E-state index in [1.165, 1.54) is 24.2 Å². The van der Waals surface area contributed by atoms with Gasteiger partial charge < -0.3 is 22.3 Å². The van der Waals surface area contributed by atoms with Crippen molar-refractivity contribution >= 4 is 37.2 Å². The Labute approximate surface area is 137 Å². The molecule has 0 bridgehead atoms. The normalized spacial score (nSPS) is 8.18. The largest absolute Gasteiger partial charge is 0.358 e. The van der Waals surface area contributed by atoms with Gasteiger partial charge in [0.15, 0.2) is 0 Å². The number of halogens is 2. The van der Waals surface area contributed by atoms with Crippen molar-refractivity contribution in [2.24, 2.45) is 0 Å². The third-order valence-corrected chi connectivity index (χ3v) is 1.72. The zero-order valence-electron chi connectivity index (χ0n) is 10.7. The Balaban J connectivity index is -0.0000000247. The molecule has 4 heteroatoms. The van der Waals surface area contributed by atoms with Crippen molar-refractivity contribution in [1.82, 2.24) is 0 Å². The second-order valence-electron chi connectivity index (χ2n) is 1.82. The SMILES string of the molecule is Cl.Cl.[C-]1=CC=CC1.[CH2]=[Zr].[CH3-].[CH3-].[CH3-].[c-]1ccc[pH]1. The minimum Gasteiger partial charge on any atom is -0.358 e. The van der Waals surface area contributed by atoms with Crippen molar-refractivity contribution in [2.75, 3.05) is 0 Å². The van der Waals surface area contributed by atoms with Crippen LogP contribution in [0.4, 0.5) is 0 Å². The summed E-state index contributed by atoms with van der Waals surface area (Å²) < 4.78 is 3.34. The van der Waals surface area contributed by atoms with Crippen LogP contribution >= 0.6 is 33.0 Å². The molecule has 1 heterocycles. The van der Waals surface area contributed by atoms with Crippen LogP contribution in [0.1, 0.15) is 6.42 Å². The molecule has 0 spiro atoms. The van der Waals surface area contributed by atoms with Crippen LogP contribution in [0.5, 0.6) is 0 Å². The molecule has 0 amide bonds. The minimum atomic E-state index is 0. The predicted octanol–water partition coefficient (Wildman–Crippen LogP) is 4.98. The standard InChI is InChI=1S/C5H5.C4H4P.3CH3.CH2.2ClH.Zr/c2*1-2-4-5-3-1;;;;;;;/h1-3H,4H2;1-3,5H;3*1H3;1H2;2*1H;/q5*-1;;;;. The van der Waals surface area contributed by atoms with Gasteiger partial charge in [0, 0.05) is 0 Å². The molecule has 0 fully saturated rings. The van der Waals surface area contributed by atoms with Gasteiger partial charge in [-0.05, 0) is 0 Å². The van der Waals surface area contributed by atoms with Gasteiger partial charge in [-0.3, -0.25) is 14.3 Å². The van der Waals surface area contributed by atoms with Crippen LogP contribution in [0.15, 0.2) is 36.2 Å². The smallest absolute Gasteiger partial charge is 0.163 e. The first-order valence-electron chi connectivity index (χ1n) is 3.56. The number of hydrogen-bond donors (Lipinski definition) is 0. The third-order valence-electron chi connectivity index (χ3n) is 1.03. The molecule has 0 saturated heterocycles. The maximum Gasteiger partial charge on any atom is -0.163 e. The average molecular weight is 371 g/mol. The topological polar surface area (TPSA) is 0 Å². The summed E-state index contributed by atoms with van der Waals surface area (Å²) in [5.41, 5.74) is 0. The van der Waals surface area contributed by atoms with Crippen LogP contribution in [0.25, 0.3) is 0 Å². The summed E-state index contributed by atoms with van der Waals surface area (Å²) in [5, 5.41) is 0. The van der Waals surface area contributed by atoms with E-state index in [1.54, 1.807) is 0 Å². The van der Waals surface area contributed by atoms with Crippen molar-refractivity contribution < 1.29 is 24.2 Å². The van der Waals surface area contributed by atoms with Gasteiger partial charge in [0.1, 0.15) is 0 Å². The molecule has 0 saturated carbocycles. The van der Waals surface area contributed by atoms with Crippen LogP contribution in [-0.4, -0.2) is 4.21 Å². The summed E-state index contributed by atoms with van der Waals surface area (Å²) in [5.74, 6) is 5.11. The number of allylic oxidation sites excluding steroid dienone is 4. The molecule has 102 valence electrons. The molecule has 0 aromatic carbocycles. The maximum atomic E-state index is 3.34. The summed E-state index contributed by atoms with van der Waals surface area (Å²) >= 11 is 1.30. The molecule has 1 aliphatic carbocycles. The van der Waals surface area contributed by atoms with E-state index in [0.29, 0.717) is 0 Å². The molecular formula is C13H22Cl2PZr-5. The molecule has 0 radical (unpaired) electrons.